The summed E-state index contributed by atoms with van der Waals surface area (Å²) in [6.07, 6.45) is 1.47. The van der Waals surface area contributed by atoms with Crippen LogP contribution in [-0.2, 0) is 0 Å². The van der Waals surface area contributed by atoms with Gasteiger partial charge in [0.05, 0.1) is 11.0 Å². The van der Waals surface area contributed by atoms with Crippen molar-refractivity contribution in [1.29, 1.82) is 0 Å². The van der Waals surface area contributed by atoms with Crippen molar-refractivity contribution in [3.8, 4) is 5.69 Å². The van der Waals surface area contributed by atoms with Crippen molar-refractivity contribution < 1.29 is 9.31 Å². The maximum Gasteiger partial charge on any atom is 0.272 e. The number of nitrogen functional groups attached to an aromatic ring is 1. The smallest absolute Gasteiger partial charge is 0.272 e. The van der Waals surface area contributed by atoms with Crippen LogP contribution in [0.3, 0.4) is 0 Å². The summed E-state index contributed by atoms with van der Waals surface area (Å²) in [4.78, 5) is 9.74. The Balaban J connectivity index is 2.47. The third-order valence-electron chi connectivity index (χ3n) is 2.00. The van der Waals surface area contributed by atoms with E-state index in [1.54, 1.807) is 0 Å². The Bertz CT molecular complexity index is 552. The van der Waals surface area contributed by atoms with E-state index in [-0.39, 0.29) is 17.2 Å². The zero-order valence-electron chi connectivity index (χ0n) is 8.00. The van der Waals surface area contributed by atoms with Crippen LogP contribution in [0.1, 0.15) is 0 Å². The van der Waals surface area contributed by atoms with Gasteiger partial charge in [0, 0.05) is 18.3 Å². The predicted molar refractivity (Wildman–Crippen MR) is 54.6 cm³/mol. The lowest BCUT2D eigenvalue weighted by Gasteiger charge is -2.02. The molecule has 1 aromatic carbocycles. The first-order valence-corrected chi connectivity index (χ1v) is 4.33. The average Bonchev–Trinajstić information content (AvgIpc) is 2.64. The number of benzene rings is 1. The molecule has 0 amide bonds. The maximum atomic E-state index is 13.5. The van der Waals surface area contributed by atoms with Crippen molar-refractivity contribution in [1.82, 2.24) is 9.78 Å². The van der Waals surface area contributed by atoms with Gasteiger partial charge >= 0.3 is 0 Å². The number of nitrogens with two attached hydrogens (primary N) is 1. The number of nitrogens with zero attached hydrogens (tertiary/aromatic N) is 3. The van der Waals surface area contributed by atoms with Gasteiger partial charge in [-0.25, -0.2) is 9.07 Å². The Kier molecular flexibility index (Phi) is 2.28. The molecule has 0 spiro atoms. The number of aromatic nitrogens is 2. The highest BCUT2D eigenvalue weighted by molar-refractivity contribution is 5.43. The second-order valence-electron chi connectivity index (χ2n) is 3.08. The second-order valence-corrected chi connectivity index (χ2v) is 3.08. The molecule has 1 heterocycles. The summed E-state index contributed by atoms with van der Waals surface area (Å²) in [6, 6.07) is 4.82. The molecule has 0 aliphatic heterocycles. The van der Waals surface area contributed by atoms with Crippen LogP contribution < -0.4 is 5.73 Å². The Morgan fingerprint density at radius 1 is 1.44 bits per heavy atom. The molecular formula is C9H7FN4O2. The van der Waals surface area contributed by atoms with Crippen LogP contribution in [0.15, 0.2) is 30.5 Å². The van der Waals surface area contributed by atoms with Crippen molar-refractivity contribution in [2.24, 2.45) is 0 Å². The molecule has 16 heavy (non-hydrogen) atoms. The number of rotatable bonds is 2. The lowest BCUT2D eigenvalue weighted by Crippen LogP contribution is -2.00. The largest absolute Gasteiger partial charge is 0.382 e. The fourth-order valence-corrected chi connectivity index (χ4v) is 1.27. The highest BCUT2D eigenvalue weighted by Crippen LogP contribution is 2.19. The first kappa shape index (κ1) is 10.1. The van der Waals surface area contributed by atoms with Gasteiger partial charge in [-0.15, -0.1) is 0 Å². The van der Waals surface area contributed by atoms with E-state index in [0.29, 0.717) is 0 Å². The standard InChI is InChI=1S/C9H7FN4O2/c10-7-5-6(14(15)16)1-2-8(7)13-4-3-9(11)12-13/h1-5H,(H2,11,12). The molecule has 0 radical (unpaired) electrons. The summed E-state index contributed by atoms with van der Waals surface area (Å²) in [7, 11) is 0. The van der Waals surface area contributed by atoms with E-state index in [0.717, 1.165) is 6.07 Å². The number of non-ortho nitro benzene ring substituents is 1. The lowest BCUT2D eigenvalue weighted by atomic mass is 10.3. The minimum Gasteiger partial charge on any atom is -0.382 e. The van der Waals surface area contributed by atoms with E-state index in [1.807, 2.05) is 0 Å². The fraction of sp³-hybridized carbons (Fsp3) is 0. The van der Waals surface area contributed by atoms with Gasteiger partial charge in [0.1, 0.15) is 11.5 Å². The van der Waals surface area contributed by atoms with Crippen LogP contribution in [-0.4, -0.2) is 14.7 Å². The Labute approximate surface area is 89.3 Å². The number of anilines is 1. The van der Waals surface area contributed by atoms with Crippen molar-refractivity contribution in [2.45, 2.75) is 0 Å². The van der Waals surface area contributed by atoms with E-state index in [9.17, 15) is 14.5 Å². The molecule has 0 unspecified atom stereocenters. The van der Waals surface area contributed by atoms with Crippen LogP contribution in [0.2, 0.25) is 0 Å². The zero-order chi connectivity index (χ0) is 11.7. The Morgan fingerprint density at radius 2 is 2.19 bits per heavy atom. The van der Waals surface area contributed by atoms with E-state index >= 15 is 0 Å². The van der Waals surface area contributed by atoms with Crippen LogP contribution in [0, 0.1) is 15.9 Å². The quantitative estimate of drug-likeness (QED) is 0.616. The van der Waals surface area contributed by atoms with Crippen LogP contribution in [0.4, 0.5) is 15.9 Å². The van der Waals surface area contributed by atoms with Gasteiger partial charge in [0.2, 0.25) is 0 Å². The number of nitro groups is 1. The van der Waals surface area contributed by atoms with Gasteiger partial charge in [-0.3, -0.25) is 10.1 Å². The lowest BCUT2D eigenvalue weighted by molar-refractivity contribution is -0.385. The summed E-state index contributed by atoms with van der Waals surface area (Å²) < 4.78 is 14.7. The highest BCUT2D eigenvalue weighted by Gasteiger charge is 2.12. The summed E-state index contributed by atoms with van der Waals surface area (Å²) in [5.41, 5.74) is 5.19. The number of hydrogen-bond donors (Lipinski definition) is 1. The Hall–Kier alpha value is -2.44. The molecule has 2 aromatic rings. The minimum atomic E-state index is -0.725. The summed E-state index contributed by atoms with van der Waals surface area (Å²) in [5.74, 6) is -0.477. The average molecular weight is 222 g/mol. The number of hydrogen-bond acceptors (Lipinski definition) is 4. The molecular weight excluding hydrogens is 215 g/mol. The first-order chi connectivity index (χ1) is 7.58. The predicted octanol–water partition coefficient (Wildman–Crippen LogP) is 1.50. The SMILES string of the molecule is Nc1ccn(-c2ccc([N+](=O)[O-])cc2F)n1. The van der Waals surface area contributed by atoms with Gasteiger partial charge < -0.3 is 5.73 Å². The minimum absolute atomic E-state index is 0.113. The molecule has 7 heteroatoms. The zero-order valence-corrected chi connectivity index (χ0v) is 8.00. The van der Waals surface area contributed by atoms with Crippen LogP contribution >= 0.6 is 0 Å². The normalized spacial score (nSPS) is 10.3. The molecule has 0 fully saturated rings. The third-order valence-corrected chi connectivity index (χ3v) is 2.00. The second kappa shape index (κ2) is 3.61. The van der Waals surface area contributed by atoms with E-state index in [4.69, 9.17) is 5.73 Å². The monoisotopic (exact) mass is 222 g/mol. The van der Waals surface area contributed by atoms with Crippen LogP contribution in [0.25, 0.3) is 5.69 Å². The van der Waals surface area contributed by atoms with Gasteiger partial charge in [-0.1, -0.05) is 0 Å². The molecule has 0 saturated heterocycles. The molecule has 0 aliphatic carbocycles. The molecule has 0 saturated carbocycles. The van der Waals surface area contributed by atoms with Crippen molar-refractivity contribution >= 4 is 11.5 Å². The van der Waals surface area contributed by atoms with E-state index < -0.39 is 10.7 Å². The summed E-state index contributed by atoms with van der Waals surface area (Å²) in [6.45, 7) is 0. The van der Waals surface area contributed by atoms with Gasteiger partial charge in [-0.05, 0) is 6.07 Å². The summed E-state index contributed by atoms with van der Waals surface area (Å²) >= 11 is 0. The molecule has 2 rings (SSSR count). The molecule has 0 bridgehead atoms. The Morgan fingerprint density at radius 3 is 2.69 bits per heavy atom. The third kappa shape index (κ3) is 1.70. The van der Waals surface area contributed by atoms with Crippen molar-refractivity contribution in [2.75, 3.05) is 5.73 Å². The molecule has 0 aliphatic rings. The molecule has 6 nitrogen and oxygen atoms in total. The summed E-state index contributed by atoms with van der Waals surface area (Å²) in [5, 5.41) is 14.2. The van der Waals surface area contributed by atoms with Gasteiger partial charge in [0.15, 0.2) is 5.82 Å². The molecule has 0 atom stereocenters. The number of nitro benzene ring substituents is 1. The molecule has 1 aromatic heterocycles. The van der Waals surface area contributed by atoms with Crippen molar-refractivity contribution in [3.05, 3.63) is 46.4 Å². The number of halogens is 1. The molecule has 82 valence electrons. The highest BCUT2D eigenvalue weighted by atomic mass is 19.1. The fourth-order valence-electron chi connectivity index (χ4n) is 1.27. The van der Waals surface area contributed by atoms with Crippen molar-refractivity contribution in [3.63, 3.8) is 0 Å². The van der Waals surface area contributed by atoms with Gasteiger partial charge in [0.25, 0.3) is 5.69 Å². The maximum absolute atomic E-state index is 13.5. The van der Waals surface area contributed by atoms with E-state index in [1.165, 1.54) is 29.1 Å². The van der Waals surface area contributed by atoms with Crippen LogP contribution in [0.5, 0.6) is 0 Å². The first-order valence-electron chi connectivity index (χ1n) is 4.33. The van der Waals surface area contributed by atoms with Gasteiger partial charge in [-0.2, -0.15) is 5.10 Å². The molecule has 2 N–H and O–H groups in total. The topological polar surface area (TPSA) is 87.0 Å². The van der Waals surface area contributed by atoms with E-state index in [2.05, 4.69) is 5.10 Å².